The number of fused-ring (bicyclic) bond motifs is 1. The number of benzene rings is 3. The summed E-state index contributed by atoms with van der Waals surface area (Å²) >= 11 is 1.26. The quantitative estimate of drug-likeness (QED) is 0.125. The van der Waals surface area contributed by atoms with Crippen molar-refractivity contribution in [2.75, 3.05) is 13.2 Å². The molecular weight excluding hydrogens is 612 g/mol. The van der Waals surface area contributed by atoms with Crippen LogP contribution in [0.4, 0.5) is 0 Å². The van der Waals surface area contributed by atoms with Crippen molar-refractivity contribution in [1.82, 2.24) is 4.57 Å². The van der Waals surface area contributed by atoms with Gasteiger partial charge in [-0.15, -0.1) is 6.58 Å². The first-order chi connectivity index (χ1) is 22.7. The average molecular weight is 653 g/mol. The van der Waals surface area contributed by atoms with Crippen LogP contribution in [0.25, 0.3) is 6.08 Å². The molecule has 0 unspecified atom stereocenters. The van der Waals surface area contributed by atoms with Gasteiger partial charge in [0.05, 0.1) is 35.1 Å². The van der Waals surface area contributed by atoms with Crippen molar-refractivity contribution in [1.29, 1.82) is 0 Å². The van der Waals surface area contributed by atoms with E-state index in [1.54, 1.807) is 18.4 Å². The molecule has 0 bridgehead atoms. The summed E-state index contributed by atoms with van der Waals surface area (Å²) in [5.41, 5.74) is 3.89. The van der Waals surface area contributed by atoms with E-state index in [1.807, 2.05) is 99.7 Å². The summed E-state index contributed by atoms with van der Waals surface area (Å²) in [6, 6.07) is 20.5. The molecule has 0 saturated heterocycles. The highest BCUT2D eigenvalue weighted by molar-refractivity contribution is 7.07. The van der Waals surface area contributed by atoms with Gasteiger partial charge in [0.2, 0.25) is 0 Å². The number of carbonyl (C=O) groups excluding carboxylic acids is 1. The molecule has 0 amide bonds. The minimum absolute atomic E-state index is 0.118. The zero-order valence-electron chi connectivity index (χ0n) is 27.4. The normalized spacial score (nSPS) is 14.4. The Bertz CT molecular complexity index is 1970. The number of hydrogen-bond acceptors (Lipinski definition) is 8. The number of rotatable bonds is 13. The maximum absolute atomic E-state index is 14.3. The topological polar surface area (TPSA) is 88.4 Å². The van der Waals surface area contributed by atoms with Gasteiger partial charge < -0.3 is 18.9 Å². The molecule has 2 heterocycles. The highest BCUT2D eigenvalue weighted by Gasteiger charge is 2.35. The van der Waals surface area contributed by atoms with Crippen LogP contribution in [0.3, 0.4) is 0 Å². The minimum atomic E-state index is -0.786. The standard InChI is InChI=1S/C38H40N2O6S/c1-7-15-28-20-27(21-31(43-8-2)35(28)45-23-26-16-11-10-12-17-26)22-32-36(41)40-34(29-18-13-14-19-30(29)46-24(4)5)33(37(42)44-9-3)25(6)39-38(40)47-32/h7,10-14,16-22,24,34H,1,8-9,15,23H2,2-6H3/b32-22+/t34-/m0/s1. The molecule has 0 fully saturated rings. The number of aromatic nitrogens is 1. The van der Waals surface area contributed by atoms with E-state index in [2.05, 4.69) is 6.58 Å². The molecule has 244 valence electrons. The molecule has 0 radical (unpaired) electrons. The Balaban J connectivity index is 1.66. The van der Waals surface area contributed by atoms with Crippen molar-refractivity contribution in [3.8, 4) is 17.2 Å². The lowest BCUT2D eigenvalue weighted by molar-refractivity contribution is -0.139. The van der Waals surface area contributed by atoms with Gasteiger partial charge in [-0.1, -0.05) is 65.9 Å². The third-order valence-corrected chi connectivity index (χ3v) is 8.42. The lowest BCUT2D eigenvalue weighted by Gasteiger charge is -2.26. The summed E-state index contributed by atoms with van der Waals surface area (Å²) in [4.78, 5) is 32.9. The van der Waals surface area contributed by atoms with Crippen LogP contribution in [0.2, 0.25) is 0 Å². The average Bonchev–Trinajstić information content (AvgIpc) is 3.34. The van der Waals surface area contributed by atoms with Gasteiger partial charge in [0.15, 0.2) is 16.3 Å². The van der Waals surface area contributed by atoms with Crippen LogP contribution in [-0.2, 0) is 22.6 Å². The van der Waals surface area contributed by atoms with E-state index < -0.39 is 12.0 Å². The second kappa shape index (κ2) is 15.1. The van der Waals surface area contributed by atoms with Crippen molar-refractivity contribution in [3.05, 3.63) is 133 Å². The number of esters is 1. The molecule has 1 atom stereocenters. The largest absolute Gasteiger partial charge is 0.491 e. The number of thiazole rings is 1. The van der Waals surface area contributed by atoms with Crippen molar-refractivity contribution < 1.29 is 23.7 Å². The number of para-hydroxylation sites is 1. The number of carbonyl (C=O) groups is 1. The lowest BCUT2D eigenvalue weighted by Crippen LogP contribution is -2.40. The number of allylic oxidation sites excluding steroid dienone is 2. The predicted octanol–water partition coefficient (Wildman–Crippen LogP) is 6.29. The molecule has 0 spiro atoms. The second-order valence-corrected chi connectivity index (χ2v) is 12.2. The van der Waals surface area contributed by atoms with Crippen LogP contribution in [0, 0.1) is 0 Å². The van der Waals surface area contributed by atoms with E-state index in [-0.39, 0.29) is 18.3 Å². The van der Waals surface area contributed by atoms with Crippen LogP contribution >= 0.6 is 11.3 Å². The molecule has 0 aliphatic carbocycles. The lowest BCUT2D eigenvalue weighted by atomic mass is 9.95. The molecule has 47 heavy (non-hydrogen) atoms. The number of hydrogen-bond donors (Lipinski definition) is 0. The Morgan fingerprint density at radius 2 is 1.77 bits per heavy atom. The summed E-state index contributed by atoms with van der Waals surface area (Å²) < 4.78 is 26.0. The highest BCUT2D eigenvalue weighted by Crippen LogP contribution is 2.37. The van der Waals surface area contributed by atoms with Gasteiger partial charge in [0.1, 0.15) is 18.4 Å². The third kappa shape index (κ3) is 7.41. The third-order valence-electron chi connectivity index (χ3n) is 7.44. The van der Waals surface area contributed by atoms with Gasteiger partial charge in [-0.2, -0.15) is 0 Å². The van der Waals surface area contributed by atoms with Gasteiger partial charge in [-0.05, 0) is 76.4 Å². The molecule has 1 aromatic heterocycles. The summed E-state index contributed by atoms with van der Waals surface area (Å²) in [6.45, 7) is 14.3. The fourth-order valence-corrected chi connectivity index (χ4v) is 6.58. The minimum Gasteiger partial charge on any atom is -0.491 e. The Morgan fingerprint density at radius 1 is 1.02 bits per heavy atom. The second-order valence-electron chi connectivity index (χ2n) is 11.2. The van der Waals surface area contributed by atoms with Crippen molar-refractivity contribution in [2.45, 2.75) is 59.8 Å². The molecule has 4 aromatic rings. The van der Waals surface area contributed by atoms with E-state index >= 15 is 0 Å². The van der Waals surface area contributed by atoms with Crippen molar-refractivity contribution in [3.63, 3.8) is 0 Å². The molecule has 9 heteroatoms. The molecule has 8 nitrogen and oxygen atoms in total. The first kappa shape index (κ1) is 33.5. The molecular formula is C38H40N2O6S. The molecule has 1 aliphatic heterocycles. The van der Waals surface area contributed by atoms with Crippen LogP contribution in [-0.4, -0.2) is 29.9 Å². The highest BCUT2D eigenvalue weighted by atomic mass is 32.1. The first-order valence-corrected chi connectivity index (χ1v) is 16.6. The molecule has 1 aliphatic rings. The summed E-state index contributed by atoms with van der Waals surface area (Å²) in [5.74, 6) is 1.29. The zero-order chi connectivity index (χ0) is 33.5. The van der Waals surface area contributed by atoms with E-state index in [1.165, 1.54) is 11.3 Å². The molecule has 3 aromatic carbocycles. The van der Waals surface area contributed by atoms with Crippen LogP contribution < -0.4 is 29.1 Å². The van der Waals surface area contributed by atoms with Crippen molar-refractivity contribution >= 4 is 23.4 Å². The fraction of sp³-hybridized carbons (Fsp3) is 0.289. The molecule has 0 N–H and O–H groups in total. The first-order valence-electron chi connectivity index (χ1n) is 15.8. The van der Waals surface area contributed by atoms with E-state index in [0.717, 1.165) is 16.7 Å². The fourth-order valence-electron chi connectivity index (χ4n) is 5.54. The van der Waals surface area contributed by atoms with Gasteiger partial charge >= 0.3 is 5.97 Å². The smallest absolute Gasteiger partial charge is 0.338 e. The van der Waals surface area contributed by atoms with Crippen LogP contribution in [0.15, 0.2) is 100 Å². The maximum atomic E-state index is 14.3. The van der Waals surface area contributed by atoms with Gasteiger partial charge in [-0.3, -0.25) is 9.36 Å². The predicted molar refractivity (Wildman–Crippen MR) is 185 cm³/mol. The Hall–Kier alpha value is -4.89. The molecule has 0 saturated carbocycles. The Kier molecular flexibility index (Phi) is 10.8. The van der Waals surface area contributed by atoms with E-state index in [4.69, 9.17) is 23.9 Å². The molecule has 5 rings (SSSR count). The number of nitrogens with zero attached hydrogens (tertiary/aromatic N) is 2. The number of ether oxygens (including phenoxy) is 4. The summed E-state index contributed by atoms with van der Waals surface area (Å²) in [6.07, 6.45) is 4.07. The zero-order valence-corrected chi connectivity index (χ0v) is 28.3. The van der Waals surface area contributed by atoms with E-state index in [9.17, 15) is 9.59 Å². The maximum Gasteiger partial charge on any atom is 0.338 e. The van der Waals surface area contributed by atoms with Crippen LogP contribution in [0.1, 0.15) is 62.9 Å². The van der Waals surface area contributed by atoms with Gasteiger partial charge in [0, 0.05) is 11.1 Å². The Morgan fingerprint density at radius 3 is 2.47 bits per heavy atom. The van der Waals surface area contributed by atoms with Crippen LogP contribution in [0.5, 0.6) is 17.2 Å². The monoisotopic (exact) mass is 652 g/mol. The Labute approximate surface area is 278 Å². The van der Waals surface area contributed by atoms with Gasteiger partial charge in [-0.25, -0.2) is 9.79 Å². The summed E-state index contributed by atoms with van der Waals surface area (Å²) in [5, 5.41) is 0. The van der Waals surface area contributed by atoms with E-state index in [0.29, 0.717) is 63.1 Å². The van der Waals surface area contributed by atoms with Crippen molar-refractivity contribution in [2.24, 2.45) is 4.99 Å². The SMILES string of the molecule is C=CCc1cc(/C=c2/sc3n(c2=O)[C@@H](c2ccccc2OC(C)C)C(C(=O)OCC)=C(C)N=3)cc(OCC)c1OCc1ccccc1. The van der Waals surface area contributed by atoms with Gasteiger partial charge in [0.25, 0.3) is 5.56 Å². The summed E-state index contributed by atoms with van der Waals surface area (Å²) in [7, 11) is 0.